The van der Waals surface area contributed by atoms with Crippen LogP contribution in [0.4, 0.5) is 0 Å². The molecule has 0 saturated carbocycles. The second-order valence-electron chi connectivity index (χ2n) is 4.82. The van der Waals surface area contributed by atoms with Crippen molar-refractivity contribution in [1.82, 2.24) is 5.32 Å². The van der Waals surface area contributed by atoms with Gasteiger partial charge >= 0.3 is 0 Å². The van der Waals surface area contributed by atoms with E-state index in [2.05, 4.69) is 12.2 Å². The lowest BCUT2D eigenvalue weighted by molar-refractivity contribution is 0.000351. The van der Waals surface area contributed by atoms with Crippen molar-refractivity contribution < 1.29 is 5.11 Å². The van der Waals surface area contributed by atoms with E-state index < -0.39 is 5.60 Å². The smallest absolute Gasteiger partial charge is 0.0772 e. The molecular weight excluding hydrogens is 174 g/mol. The average Bonchev–Trinajstić information content (AvgIpc) is 2.19. The zero-order valence-electron chi connectivity index (χ0n) is 9.68. The van der Waals surface area contributed by atoms with Crippen molar-refractivity contribution in [3.63, 3.8) is 0 Å². The second-order valence-corrected chi connectivity index (χ2v) is 4.82. The summed E-state index contributed by atoms with van der Waals surface area (Å²) < 4.78 is 0. The van der Waals surface area contributed by atoms with E-state index in [0.717, 1.165) is 25.8 Å². The summed E-state index contributed by atoms with van der Waals surface area (Å²) in [5.74, 6) is 0. The Hall–Kier alpha value is -0.0800. The number of unbranched alkanes of at least 4 members (excludes halogenated alkanes) is 2. The van der Waals surface area contributed by atoms with Crippen molar-refractivity contribution in [3.8, 4) is 0 Å². The highest BCUT2D eigenvalue weighted by molar-refractivity contribution is 4.89. The molecule has 1 rings (SSSR count). The monoisotopic (exact) mass is 199 g/mol. The maximum Gasteiger partial charge on any atom is 0.0772 e. The summed E-state index contributed by atoms with van der Waals surface area (Å²) in [6.45, 7) is 5.27. The van der Waals surface area contributed by atoms with Crippen molar-refractivity contribution in [1.29, 1.82) is 0 Å². The molecular formula is C12H25NO. The molecule has 0 amide bonds. The van der Waals surface area contributed by atoms with Crippen molar-refractivity contribution in [3.05, 3.63) is 0 Å². The van der Waals surface area contributed by atoms with Crippen LogP contribution in [0.1, 0.15) is 58.8 Å². The van der Waals surface area contributed by atoms with Crippen LogP contribution in [0.3, 0.4) is 0 Å². The largest absolute Gasteiger partial charge is 0.389 e. The molecule has 0 aromatic rings. The summed E-state index contributed by atoms with van der Waals surface area (Å²) >= 11 is 0. The molecule has 0 spiro atoms. The van der Waals surface area contributed by atoms with Gasteiger partial charge in [-0.15, -0.1) is 0 Å². The number of rotatable bonds is 5. The average molecular weight is 199 g/mol. The summed E-state index contributed by atoms with van der Waals surface area (Å²) in [7, 11) is 0. The fourth-order valence-corrected chi connectivity index (χ4v) is 2.29. The fourth-order valence-electron chi connectivity index (χ4n) is 2.29. The fraction of sp³-hybridized carbons (Fsp3) is 1.00. The van der Waals surface area contributed by atoms with E-state index in [1.165, 1.54) is 25.7 Å². The molecule has 2 heteroatoms. The molecule has 2 atom stereocenters. The quantitative estimate of drug-likeness (QED) is 0.667. The molecule has 0 aliphatic carbocycles. The van der Waals surface area contributed by atoms with E-state index in [1.807, 2.05) is 6.92 Å². The summed E-state index contributed by atoms with van der Waals surface area (Å²) in [5, 5.41) is 13.7. The van der Waals surface area contributed by atoms with Crippen LogP contribution >= 0.6 is 0 Å². The lowest BCUT2D eigenvalue weighted by Gasteiger charge is -2.36. The Bertz CT molecular complexity index is 150. The van der Waals surface area contributed by atoms with Gasteiger partial charge < -0.3 is 10.4 Å². The zero-order chi connectivity index (χ0) is 10.4. The van der Waals surface area contributed by atoms with E-state index >= 15 is 0 Å². The highest BCUT2D eigenvalue weighted by atomic mass is 16.3. The maximum absolute atomic E-state index is 10.3. The predicted molar refractivity (Wildman–Crippen MR) is 60.4 cm³/mol. The normalized spacial score (nSPS) is 27.2. The van der Waals surface area contributed by atoms with Crippen LogP contribution < -0.4 is 5.32 Å². The number of nitrogens with one attached hydrogen (secondary N) is 1. The van der Waals surface area contributed by atoms with Crippen LogP contribution in [0.2, 0.25) is 0 Å². The van der Waals surface area contributed by atoms with Crippen LogP contribution in [-0.4, -0.2) is 23.3 Å². The van der Waals surface area contributed by atoms with Crippen molar-refractivity contribution in [2.75, 3.05) is 6.54 Å². The van der Waals surface area contributed by atoms with Crippen molar-refractivity contribution in [2.45, 2.75) is 70.4 Å². The Morgan fingerprint density at radius 1 is 1.36 bits per heavy atom. The molecule has 2 N–H and O–H groups in total. The summed E-state index contributed by atoms with van der Waals surface area (Å²) in [4.78, 5) is 0. The molecule has 1 saturated heterocycles. The molecule has 1 aliphatic heterocycles. The van der Waals surface area contributed by atoms with E-state index in [0.29, 0.717) is 6.04 Å². The van der Waals surface area contributed by atoms with Gasteiger partial charge in [-0.3, -0.25) is 0 Å². The van der Waals surface area contributed by atoms with Crippen LogP contribution in [0.25, 0.3) is 0 Å². The molecule has 0 radical (unpaired) electrons. The van der Waals surface area contributed by atoms with Crippen molar-refractivity contribution >= 4 is 0 Å². The molecule has 0 aromatic heterocycles. The summed E-state index contributed by atoms with van der Waals surface area (Å²) in [5.41, 5.74) is -0.490. The van der Waals surface area contributed by atoms with E-state index in [9.17, 15) is 5.11 Å². The van der Waals surface area contributed by atoms with Gasteiger partial charge in [-0.25, -0.2) is 0 Å². The Morgan fingerprint density at radius 3 is 2.71 bits per heavy atom. The Labute approximate surface area is 88.1 Å². The van der Waals surface area contributed by atoms with Gasteiger partial charge in [-0.05, 0) is 32.7 Å². The topological polar surface area (TPSA) is 32.3 Å². The van der Waals surface area contributed by atoms with Gasteiger partial charge in [0.05, 0.1) is 5.60 Å². The van der Waals surface area contributed by atoms with Gasteiger partial charge in [0, 0.05) is 6.04 Å². The minimum atomic E-state index is -0.490. The number of hydrogen-bond acceptors (Lipinski definition) is 2. The number of hydrogen-bond donors (Lipinski definition) is 2. The first kappa shape index (κ1) is 12.0. The van der Waals surface area contributed by atoms with Gasteiger partial charge in [0.25, 0.3) is 0 Å². The molecule has 0 aromatic carbocycles. The highest BCUT2D eigenvalue weighted by Crippen LogP contribution is 2.24. The van der Waals surface area contributed by atoms with Crippen LogP contribution in [-0.2, 0) is 0 Å². The molecule has 2 unspecified atom stereocenters. The first-order valence-electron chi connectivity index (χ1n) is 6.12. The van der Waals surface area contributed by atoms with Crippen LogP contribution in [0.15, 0.2) is 0 Å². The number of piperidine rings is 1. The van der Waals surface area contributed by atoms with Crippen molar-refractivity contribution in [2.24, 2.45) is 0 Å². The minimum Gasteiger partial charge on any atom is -0.389 e. The predicted octanol–water partition coefficient (Wildman–Crippen LogP) is 2.46. The standard InChI is InChI=1S/C12H25NO/c1-3-4-6-9-12(2,14)11-8-5-7-10-13-11/h11,13-14H,3-10H2,1-2H3. The Morgan fingerprint density at radius 2 is 2.14 bits per heavy atom. The second kappa shape index (κ2) is 5.72. The Balaban J connectivity index is 2.29. The third kappa shape index (κ3) is 3.58. The Kier molecular flexibility index (Phi) is 4.90. The molecule has 1 heterocycles. The third-order valence-electron chi connectivity index (χ3n) is 3.35. The molecule has 14 heavy (non-hydrogen) atoms. The summed E-state index contributed by atoms with van der Waals surface area (Å²) in [6.07, 6.45) is 8.24. The van der Waals surface area contributed by atoms with E-state index in [1.54, 1.807) is 0 Å². The SMILES string of the molecule is CCCCCC(C)(O)C1CCCCN1. The van der Waals surface area contributed by atoms with Gasteiger partial charge in [0.1, 0.15) is 0 Å². The van der Waals surface area contributed by atoms with Gasteiger partial charge in [0.2, 0.25) is 0 Å². The van der Waals surface area contributed by atoms with Gasteiger partial charge in [-0.1, -0.05) is 32.6 Å². The van der Waals surface area contributed by atoms with E-state index in [-0.39, 0.29) is 0 Å². The first-order valence-corrected chi connectivity index (χ1v) is 6.12. The third-order valence-corrected chi connectivity index (χ3v) is 3.35. The van der Waals surface area contributed by atoms with Crippen LogP contribution in [0.5, 0.6) is 0 Å². The molecule has 84 valence electrons. The minimum absolute atomic E-state index is 0.327. The lowest BCUT2D eigenvalue weighted by Crippen LogP contribution is -2.50. The molecule has 2 nitrogen and oxygen atoms in total. The zero-order valence-corrected chi connectivity index (χ0v) is 9.68. The van der Waals surface area contributed by atoms with Gasteiger partial charge in [0.15, 0.2) is 0 Å². The maximum atomic E-state index is 10.3. The summed E-state index contributed by atoms with van der Waals surface area (Å²) in [6, 6.07) is 0.327. The molecule has 1 aliphatic rings. The lowest BCUT2D eigenvalue weighted by atomic mass is 9.85. The first-order chi connectivity index (χ1) is 6.67. The van der Waals surface area contributed by atoms with Crippen LogP contribution in [0, 0.1) is 0 Å². The highest BCUT2D eigenvalue weighted by Gasteiger charge is 2.31. The van der Waals surface area contributed by atoms with Gasteiger partial charge in [-0.2, -0.15) is 0 Å². The molecule has 0 bridgehead atoms. The van der Waals surface area contributed by atoms with E-state index in [4.69, 9.17) is 0 Å². The molecule has 1 fully saturated rings. The number of aliphatic hydroxyl groups is 1.